The van der Waals surface area contributed by atoms with E-state index in [0.717, 1.165) is 11.3 Å². The Bertz CT molecular complexity index is 568. The van der Waals surface area contributed by atoms with Gasteiger partial charge in [-0.25, -0.2) is 9.37 Å². The smallest absolute Gasteiger partial charge is 0.203 e. The number of benzene rings is 1. The molecule has 0 bridgehead atoms. The summed E-state index contributed by atoms with van der Waals surface area (Å²) in [5, 5.41) is 7.28. The Morgan fingerprint density at radius 2 is 2.39 bits per heavy atom. The van der Waals surface area contributed by atoms with Crippen molar-refractivity contribution in [3.8, 4) is 0 Å². The predicted octanol–water partition coefficient (Wildman–Crippen LogP) is 3.93. The molecular weight excluding hydrogens is 317 g/mol. The zero-order valence-corrected chi connectivity index (χ0v) is 12.1. The van der Waals surface area contributed by atoms with Gasteiger partial charge in [0.1, 0.15) is 5.82 Å². The van der Waals surface area contributed by atoms with Crippen LogP contribution >= 0.6 is 27.3 Å². The molecule has 0 aliphatic carbocycles. The summed E-state index contributed by atoms with van der Waals surface area (Å²) in [5.41, 5.74) is 5.17. The fourth-order valence-corrected chi connectivity index (χ4v) is 2.32. The maximum absolute atomic E-state index is 13.5. The molecule has 18 heavy (non-hydrogen) atoms. The summed E-state index contributed by atoms with van der Waals surface area (Å²) >= 11 is 4.79. The molecule has 0 fully saturated rings. The Balaban J connectivity index is 2.08. The van der Waals surface area contributed by atoms with Crippen LogP contribution in [0.1, 0.15) is 16.8 Å². The van der Waals surface area contributed by atoms with Crippen molar-refractivity contribution >= 4 is 38.6 Å². The first-order chi connectivity index (χ1) is 8.69. The Kier molecular flexibility index (Phi) is 4.43. The molecule has 0 spiro atoms. The average Bonchev–Trinajstić information content (AvgIpc) is 2.77. The molecule has 0 amide bonds. The number of nitrogens with one attached hydrogen (secondary N) is 1. The van der Waals surface area contributed by atoms with Gasteiger partial charge in [0.05, 0.1) is 11.9 Å². The van der Waals surface area contributed by atoms with E-state index in [-0.39, 0.29) is 5.82 Å². The van der Waals surface area contributed by atoms with Gasteiger partial charge >= 0.3 is 0 Å². The maximum atomic E-state index is 13.5. The lowest BCUT2D eigenvalue weighted by molar-refractivity contribution is 0.625. The molecule has 1 aromatic carbocycles. The van der Waals surface area contributed by atoms with Crippen LogP contribution in [0.25, 0.3) is 0 Å². The van der Waals surface area contributed by atoms with Gasteiger partial charge in [0.2, 0.25) is 5.13 Å². The number of halogens is 2. The van der Waals surface area contributed by atoms with Gasteiger partial charge in [-0.2, -0.15) is 5.10 Å². The summed E-state index contributed by atoms with van der Waals surface area (Å²) in [6, 6.07) is 4.92. The molecular formula is C12H11BrFN3S. The fraction of sp³-hybridized carbons (Fsp3) is 0.167. The SMILES string of the molecule is Cc1csc(NN=Cc2cc(CBr)ccc2F)n1. The first-order valence-electron chi connectivity index (χ1n) is 5.24. The summed E-state index contributed by atoms with van der Waals surface area (Å²) in [6.07, 6.45) is 1.46. The molecule has 0 aliphatic heterocycles. The van der Waals surface area contributed by atoms with Gasteiger partial charge in [-0.3, -0.25) is 5.43 Å². The maximum Gasteiger partial charge on any atom is 0.203 e. The number of aromatic nitrogens is 1. The lowest BCUT2D eigenvalue weighted by atomic mass is 10.1. The molecule has 1 heterocycles. The van der Waals surface area contributed by atoms with Gasteiger partial charge < -0.3 is 0 Å². The molecule has 0 unspecified atom stereocenters. The third-order valence-corrected chi connectivity index (χ3v) is 3.71. The standard InChI is InChI=1S/C12H11BrFN3S/c1-8-7-18-12(16-8)17-15-6-10-4-9(5-13)2-3-11(10)14/h2-4,6-7H,5H2,1H3,(H,16,17). The normalized spacial score (nSPS) is 11.1. The first kappa shape index (κ1) is 13.2. The highest BCUT2D eigenvalue weighted by molar-refractivity contribution is 9.08. The van der Waals surface area contributed by atoms with E-state index in [9.17, 15) is 4.39 Å². The van der Waals surface area contributed by atoms with Crippen molar-refractivity contribution in [2.45, 2.75) is 12.3 Å². The molecule has 3 nitrogen and oxygen atoms in total. The van der Waals surface area contributed by atoms with Crippen LogP contribution in [0.5, 0.6) is 0 Å². The molecule has 2 aromatic rings. The highest BCUT2D eigenvalue weighted by Gasteiger charge is 2.01. The number of anilines is 1. The first-order valence-corrected chi connectivity index (χ1v) is 7.25. The molecule has 0 saturated carbocycles. The van der Waals surface area contributed by atoms with Crippen molar-refractivity contribution in [2.24, 2.45) is 5.10 Å². The van der Waals surface area contributed by atoms with Crippen LogP contribution in [0.2, 0.25) is 0 Å². The van der Waals surface area contributed by atoms with Crippen molar-refractivity contribution < 1.29 is 4.39 Å². The van der Waals surface area contributed by atoms with Crippen molar-refractivity contribution in [2.75, 3.05) is 5.43 Å². The molecule has 1 N–H and O–H groups in total. The second kappa shape index (κ2) is 6.06. The van der Waals surface area contributed by atoms with E-state index < -0.39 is 0 Å². The third-order valence-electron chi connectivity index (χ3n) is 2.20. The highest BCUT2D eigenvalue weighted by Crippen LogP contribution is 2.15. The predicted molar refractivity (Wildman–Crippen MR) is 77.1 cm³/mol. The van der Waals surface area contributed by atoms with Crippen molar-refractivity contribution in [3.63, 3.8) is 0 Å². The van der Waals surface area contributed by atoms with Crippen LogP contribution in [0, 0.1) is 12.7 Å². The van der Waals surface area contributed by atoms with E-state index in [1.807, 2.05) is 12.3 Å². The second-order valence-electron chi connectivity index (χ2n) is 3.65. The van der Waals surface area contributed by atoms with Gasteiger partial charge in [0.15, 0.2) is 0 Å². The molecule has 0 saturated heterocycles. The van der Waals surface area contributed by atoms with Crippen LogP contribution in [0.4, 0.5) is 9.52 Å². The van der Waals surface area contributed by atoms with Gasteiger partial charge in [0, 0.05) is 16.3 Å². The summed E-state index contributed by atoms with van der Waals surface area (Å²) < 4.78 is 13.5. The minimum atomic E-state index is -0.291. The average molecular weight is 328 g/mol. The van der Waals surface area contributed by atoms with Gasteiger partial charge in [-0.05, 0) is 24.6 Å². The fourth-order valence-electron chi connectivity index (χ4n) is 1.34. The molecule has 2 rings (SSSR count). The number of aryl methyl sites for hydroxylation is 1. The number of hydrogen-bond acceptors (Lipinski definition) is 4. The molecule has 6 heteroatoms. The van der Waals surface area contributed by atoms with Crippen LogP contribution < -0.4 is 5.43 Å². The minimum absolute atomic E-state index is 0.291. The molecule has 0 atom stereocenters. The van der Waals surface area contributed by atoms with E-state index in [4.69, 9.17) is 0 Å². The molecule has 1 aromatic heterocycles. The number of hydrogen-bond donors (Lipinski definition) is 1. The zero-order chi connectivity index (χ0) is 13.0. The Morgan fingerprint density at radius 3 is 3.06 bits per heavy atom. The molecule has 0 aliphatic rings. The zero-order valence-electron chi connectivity index (χ0n) is 9.65. The number of nitrogens with zero attached hydrogens (tertiary/aromatic N) is 2. The lowest BCUT2D eigenvalue weighted by Gasteiger charge is -2.00. The quantitative estimate of drug-likeness (QED) is 0.524. The second-order valence-corrected chi connectivity index (χ2v) is 5.07. The minimum Gasteiger partial charge on any atom is -0.253 e. The summed E-state index contributed by atoms with van der Waals surface area (Å²) in [6.45, 7) is 1.91. The topological polar surface area (TPSA) is 37.3 Å². The van der Waals surface area contributed by atoms with E-state index in [1.165, 1.54) is 23.6 Å². The van der Waals surface area contributed by atoms with Crippen LogP contribution in [0.3, 0.4) is 0 Å². The summed E-state index contributed by atoms with van der Waals surface area (Å²) in [7, 11) is 0. The third kappa shape index (κ3) is 3.36. The van der Waals surface area contributed by atoms with Crippen LogP contribution in [-0.4, -0.2) is 11.2 Å². The van der Waals surface area contributed by atoms with Gasteiger partial charge in [0.25, 0.3) is 0 Å². The largest absolute Gasteiger partial charge is 0.253 e. The van der Waals surface area contributed by atoms with Crippen molar-refractivity contribution in [1.82, 2.24) is 4.98 Å². The highest BCUT2D eigenvalue weighted by atomic mass is 79.9. The monoisotopic (exact) mass is 327 g/mol. The van der Waals surface area contributed by atoms with Gasteiger partial charge in [-0.15, -0.1) is 11.3 Å². The number of rotatable bonds is 4. The lowest BCUT2D eigenvalue weighted by Crippen LogP contribution is -1.94. The van der Waals surface area contributed by atoms with Crippen LogP contribution in [0.15, 0.2) is 28.7 Å². The van der Waals surface area contributed by atoms with E-state index in [1.54, 1.807) is 12.1 Å². The molecule has 94 valence electrons. The van der Waals surface area contributed by atoms with Crippen molar-refractivity contribution in [1.29, 1.82) is 0 Å². The number of alkyl halides is 1. The van der Waals surface area contributed by atoms with Gasteiger partial charge in [-0.1, -0.05) is 22.0 Å². The van der Waals surface area contributed by atoms with E-state index in [2.05, 4.69) is 31.4 Å². The van der Waals surface area contributed by atoms with E-state index >= 15 is 0 Å². The number of thiazole rings is 1. The number of hydrazone groups is 1. The van der Waals surface area contributed by atoms with Crippen LogP contribution in [-0.2, 0) is 5.33 Å². The molecule has 0 radical (unpaired) electrons. The van der Waals surface area contributed by atoms with E-state index in [0.29, 0.717) is 16.0 Å². The Morgan fingerprint density at radius 1 is 1.56 bits per heavy atom. The Hall–Kier alpha value is -1.27. The summed E-state index contributed by atoms with van der Waals surface area (Å²) in [4.78, 5) is 4.19. The summed E-state index contributed by atoms with van der Waals surface area (Å²) in [5.74, 6) is -0.291. The Labute approximate surface area is 117 Å². The van der Waals surface area contributed by atoms with Crippen molar-refractivity contribution in [3.05, 3.63) is 46.2 Å².